The van der Waals surface area contributed by atoms with Crippen molar-refractivity contribution in [2.75, 3.05) is 59.1 Å². The molecule has 4 rings (SSSR count). The maximum Gasteiger partial charge on any atom is 0.0798 e. The number of piperidine rings is 1. The van der Waals surface area contributed by atoms with Gasteiger partial charge in [0.25, 0.3) is 0 Å². The van der Waals surface area contributed by atoms with Gasteiger partial charge in [0.05, 0.1) is 31.4 Å². The number of methoxy groups -OCH3 is 1. The maximum absolute atomic E-state index is 5.64. The van der Waals surface area contributed by atoms with Crippen molar-refractivity contribution in [3.8, 4) is 0 Å². The van der Waals surface area contributed by atoms with Crippen LogP contribution in [0, 0.1) is 5.92 Å². The minimum atomic E-state index is 0.390. The van der Waals surface area contributed by atoms with E-state index in [1.54, 1.807) is 18.2 Å². The van der Waals surface area contributed by atoms with Crippen molar-refractivity contribution >= 4 is 22.9 Å². The molecule has 1 aromatic rings. The number of rotatable bonds is 11. The number of benzene rings is 1. The third-order valence-electron chi connectivity index (χ3n) is 7.89. The fourth-order valence-electron chi connectivity index (χ4n) is 6.30. The van der Waals surface area contributed by atoms with Crippen molar-refractivity contribution in [1.82, 2.24) is 4.90 Å². The van der Waals surface area contributed by atoms with Gasteiger partial charge in [-0.2, -0.15) is 0 Å². The predicted molar refractivity (Wildman–Crippen MR) is 134 cm³/mol. The van der Waals surface area contributed by atoms with Gasteiger partial charge in [-0.05, 0) is 74.9 Å². The first-order valence-electron chi connectivity index (χ1n) is 12.4. The molecule has 2 bridgehead atoms. The highest BCUT2D eigenvalue weighted by atomic mass is 32.1. The third kappa shape index (κ3) is 5.36. The number of thiocarbonyl (C=S) groups is 1. The zero-order valence-electron chi connectivity index (χ0n) is 19.9. The predicted octanol–water partition coefficient (Wildman–Crippen LogP) is 4.57. The van der Waals surface area contributed by atoms with E-state index in [1.807, 2.05) is 0 Å². The highest BCUT2D eigenvalue weighted by Gasteiger charge is 2.52. The van der Waals surface area contributed by atoms with E-state index in [0.717, 1.165) is 35.5 Å². The number of ether oxygens (including phenoxy) is 3. The van der Waals surface area contributed by atoms with Crippen molar-refractivity contribution in [2.24, 2.45) is 5.92 Å². The van der Waals surface area contributed by atoms with Crippen molar-refractivity contribution < 1.29 is 14.2 Å². The van der Waals surface area contributed by atoms with Gasteiger partial charge in [-0.3, -0.25) is 0 Å². The minimum absolute atomic E-state index is 0.390. The van der Waals surface area contributed by atoms with Crippen LogP contribution in [0.15, 0.2) is 18.2 Å². The Morgan fingerprint density at radius 3 is 2.78 bits per heavy atom. The monoisotopic (exact) mass is 460 g/mol. The van der Waals surface area contributed by atoms with Crippen molar-refractivity contribution in [2.45, 2.75) is 62.8 Å². The van der Waals surface area contributed by atoms with Gasteiger partial charge in [-0.1, -0.05) is 31.1 Å². The summed E-state index contributed by atoms with van der Waals surface area (Å²) < 4.78 is 16.0. The van der Waals surface area contributed by atoms with Gasteiger partial charge >= 0.3 is 0 Å². The molecule has 178 valence electrons. The van der Waals surface area contributed by atoms with E-state index in [4.69, 9.17) is 26.4 Å². The van der Waals surface area contributed by atoms with Crippen LogP contribution in [0.3, 0.4) is 0 Å². The summed E-state index contributed by atoms with van der Waals surface area (Å²) in [5.41, 5.74) is 4.74. The van der Waals surface area contributed by atoms with Crippen LogP contribution in [0.1, 0.15) is 56.1 Å². The zero-order valence-corrected chi connectivity index (χ0v) is 20.7. The highest BCUT2D eigenvalue weighted by Crippen LogP contribution is 2.55. The fraction of sp³-hybridized carbons (Fsp3) is 0.731. The molecule has 2 aliphatic carbocycles. The average molecular weight is 461 g/mol. The van der Waals surface area contributed by atoms with Crippen LogP contribution in [0.5, 0.6) is 0 Å². The summed E-state index contributed by atoms with van der Waals surface area (Å²) in [6.07, 6.45) is 9.80. The molecule has 1 saturated heterocycles. The molecule has 1 aliphatic heterocycles. The van der Waals surface area contributed by atoms with Crippen LogP contribution in [-0.2, 0) is 26.0 Å². The second kappa shape index (κ2) is 11.4. The van der Waals surface area contributed by atoms with Gasteiger partial charge in [-0.15, -0.1) is 0 Å². The number of hydrogen-bond donors (Lipinski definition) is 1. The molecular weight excluding hydrogens is 420 g/mol. The van der Waals surface area contributed by atoms with Crippen LogP contribution in [0.2, 0.25) is 0 Å². The molecule has 3 atom stereocenters. The maximum atomic E-state index is 5.64. The molecule has 1 heterocycles. The van der Waals surface area contributed by atoms with Crippen LogP contribution < -0.4 is 5.32 Å². The topological polar surface area (TPSA) is 43.0 Å². The Hall–Kier alpha value is -1.05. The molecule has 3 aliphatic rings. The number of hydrogen-bond acceptors (Lipinski definition) is 5. The first kappa shape index (κ1) is 24.1. The van der Waals surface area contributed by atoms with E-state index in [9.17, 15) is 0 Å². The number of nitrogens with one attached hydrogen (secondary N) is 1. The Bertz CT molecular complexity index is 773. The Balaban J connectivity index is 1.29. The van der Waals surface area contributed by atoms with Crippen LogP contribution in [0.4, 0.5) is 5.69 Å². The van der Waals surface area contributed by atoms with Crippen molar-refractivity contribution in [3.63, 3.8) is 0 Å². The first-order valence-corrected chi connectivity index (χ1v) is 12.8. The molecule has 2 fully saturated rings. The summed E-state index contributed by atoms with van der Waals surface area (Å²) in [7, 11) is 4.01. The van der Waals surface area contributed by atoms with Crippen LogP contribution >= 0.6 is 12.2 Å². The molecular formula is C26H40N2O3S. The Labute approximate surface area is 199 Å². The lowest BCUT2D eigenvalue weighted by Gasteiger charge is -2.58. The van der Waals surface area contributed by atoms with Gasteiger partial charge in [0, 0.05) is 37.3 Å². The smallest absolute Gasteiger partial charge is 0.0798 e. The van der Waals surface area contributed by atoms with Gasteiger partial charge < -0.3 is 24.4 Å². The second-order valence-electron chi connectivity index (χ2n) is 9.75. The number of nitrogens with zero attached hydrogens (tertiary/aromatic N) is 1. The van der Waals surface area contributed by atoms with E-state index in [2.05, 4.69) is 35.5 Å². The Kier molecular flexibility index (Phi) is 8.57. The van der Waals surface area contributed by atoms with Crippen molar-refractivity contribution in [1.29, 1.82) is 0 Å². The van der Waals surface area contributed by atoms with E-state index >= 15 is 0 Å². The fourth-order valence-corrected chi connectivity index (χ4v) is 6.56. The summed E-state index contributed by atoms with van der Waals surface area (Å²) in [5.74, 6) is 0.820. The van der Waals surface area contributed by atoms with Gasteiger partial charge in [0.15, 0.2) is 0 Å². The SMILES string of the molecule is COCCOCCOCCCC(=S)Nc1ccc2c(c1)[C@@]13CCCC[C@H]1[C@@H](C2)N(C)CC3. The second-order valence-corrected chi connectivity index (χ2v) is 10.2. The Morgan fingerprint density at radius 2 is 1.94 bits per heavy atom. The molecule has 0 amide bonds. The largest absolute Gasteiger partial charge is 0.382 e. The summed E-state index contributed by atoms with van der Waals surface area (Å²) >= 11 is 5.64. The van der Waals surface area contributed by atoms with E-state index < -0.39 is 0 Å². The molecule has 0 unspecified atom stereocenters. The number of anilines is 1. The van der Waals surface area contributed by atoms with Crippen LogP contribution in [0.25, 0.3) is 0 Å². The molecule has 0 radical (unpaired) electrons. The first-order chi connectivity index (χ1) is 15.6. The van der Waals surface area contributed by atoms with E-state index in [0.29, 0.717) is 38.4 Å². The number of likely N-dealkylation sites (N-methyl/N-ethyl adjacent to an activating group) is 1. The van der Waals surface area contributed by atoms with Crippen molar-refractivity contribution in [3.05, 3.63) is 29.3 Å². The lowest BCUT2D eigenvalue weighted by atomic mass is 9.52. The van der Waals surface area contributed by atoms with Gasteiger partial charge in [0.1, 0.15) is 0 Å². The number of likely N-dealkylation sites (tertiary alicyclic amines) is 1. The van der Waals surface area contributed by atoms with E-state index in [1.165, 1.54) is 45.1 Å². The summed E-state index contributed by atoms with van der Waals surface area (Å²) in [6.45, 7) is 4.41. The van der Waals surface area contributed by atoms with Gasteiger partial charge in [0.2, 0.25) is 0 Å². The minimum Gasteiger partial charge on any atom is -0.382 e. The molecule has 1 N–H and O–H groups in total. The zero-order chi connectivity index (χ0) is 22.4. The quantitative estimate of drug-likeness (QED) is 0.385. The molecule has 6 heteroatoms. The molecule has 1 saturated carbocycles. The molecule has 32 heavy (non-hydrogen) atoms. The molecule has 0 aromatic heterocycles. The summed E-state index contributed by atoms with van der Waals surface area (Å²) in [5, 5.41) is 3.52. The van der Waals surface area contributed by atoms with Gasteiger partial charge in [-0.25, -0.2) is 0 Å². The third-order valence-corrected chi connectivity index (χ3v) is 8.20. The summed E-state index contributed by atoms with van der Waals surface area (Å²) in [4.78, 5) is 3.53. The highest BCUT2D eigenvalue weighted by molar-refractivity contribution is 7.80. The normalized spacial score (nSPS) is 26.9. The average Bonchev–Trinajstić information content (AvgIpc) is 2.80. The lowest BCUT2D eigenvalue weighted by molar-refractivity contribution is 0.00290. The lowest BCUT2D eigenvalue weighted by Crippen LogP contribution is -2.59. The molecule has 0 spiro atoms. The Morgan fingerprint density at radius 1 is 1.12 bits per heavy atom. The standard InChI is InChI=1S/C26H40N2O3S/c1-28-12-11-26-10-4-3-6-22(26)24(28)18-20-8-9-21(19-23(20)26)27-25(32)7-5-13-30-16-17-31-15-14-29-2/h8-9,19,22,24H,3-7,10-18H2,1-2H3,(H,27,32)/t22-,24+,26+/m0/s1. The van der Waals surface area contributed by atoms with Crippen LogP contribution in [-0.4, -0.2) is 69.7 Å². The molecule has 5 nitrogen and oxygen atoms in total. The number of fused-ring (bicyclic) bond motifs is 1. The molecule has 1 aromatic carbocycles. The summed E-state index contributed by atoms with van der Waals surface area (Å²) in [6, 6.07) is 7.76. The van der Waals surface area contributed by atoms with E-state index in [-0.39, 0.29) is 0 Å².